The molecule has 1 N–H and O–H groups in total. The third-order valence-corrected chi connectivity index (χ3v) is 5.78. The topological polar surface area (TPSA) is 76.2 Å². The molecule has 3 aromatic heterocycles. The number of carbonyl (C=O) groups is 1. The molecule has 7 heteroatoms. The maximum absolute atomic E-state index is 13.5. The summed E-state index contributed by atoms with van der Waals surface area (Å²) >= 11 is 0. The Morgan fingerprint density at radius 1 is 1.28 bits per heavy atom. The van der Waals surface area contributed by atoms with Gasteiger partial charge in [-0.2, -0.15) is 5.10 Å². The molecule has 1 aliphatic heterocycles. The lowest BCUT2D eigenvalue weighted by atomic mass is 10.0. The fourth-order valence-electron chi connectivity index (χ4n) is 4.15. The third-order valence-electron chi connectivity index (χ3n) is 5.78. The second-order valence-corrected chi connectivity index (χ2v) is 8.20. The number of hydrogen-bond acceptors (Lipinski definition) is 5. The van der Waals surface area contributed by atoms with Gasteiger partial charge in [-0.1, -0.05) is 0 Å². The number of amides is 1. The Bertz CT molecular complexity index is 1040. The number of pyridine rings is 1. The molecule has 0 aromatic carbocycles. The Kier molecular flexibility index (Phi) is 5.17. The highest BCUT2D eigenvalue weighted by molar-refractivity contribution is 6.06. The maximum atomic E-state index is 13.5. The molecule has 0 spiro atoms. The lowest BCUT2D eigenvalue weighted by molar-refractivity contribution is 0.0705. The number of aryl methyl sites for hydroxylation is 2. The van der Waals surface area contributed by atoms with Crippen molar-refractivity contribution >= 4 is 16.9 Å². The van der Waals surface area contributed by atoms with E-state index in [1.807, 2.05) is 42.6 Å². The van der Waals surface area contributed by atoms with Crippen molar-refractivity contribution in [3.63, 3.8) is 0 Å². The predicted molar refractivity (Wildman–Crippen MR) is 113 cm³/mol. The second-order valence-electron chi connectivity index (χ2n) is 8.20. The summed E-state index contributed by atoms with van der Waals surface area (Å²) in [4.78, 5) is 20.3. The van der Waals surface area contributed by atoms with Crippen molar-refractivity contribution in [3.05, 3.63) is 35.4 Å². The van der Waals surface area contributed by atoms with E-state index in [2.05, 4.69) is 24.3 Å². The van der Waals surface area contributed by atoms with Crippen molar-refractivity contribution in [2.45, 2.75) is 52.6 Å². The summed E-state index contributed by atoms with van der Waals surface area (Å²) in [5.74, 6) is 1.65. The van der Waals surface area contributed by atoms with Crippen LogP contribution < -0.4 is 5.32 Å². The Hall–Kier alpha value is -2.67. The largest absolute Gasteiger partial charge is 0.466 e. The molecule has 29 heavy (non-hydrogen) atoms. The van der Waals surface area contributed by atoms with E-state index in [9.17, 15) is 4.79 Å². The molecule has 1 fully saturated rings. The minimum absolute atomic E-state index is 0.0201. The first-order valence-corrected chi connectivity index (χ1v) is 10.3. The summed E-state index contributed by atoms with van der Waals surface area (Å²) in [6.45, 7) is 9.87. The molecular weight excluding hydrogens is 366 g/mol. The Balaban J connectivity index is 1.85. The van der Waals surface area contributed by atoms with E-state index < -0.39 is 0 Å². The fraction of sp³-hybridized carbons (Fsp3) is 0.500. The average Bonchev–Trinajstić information content (AvgIpc) is 3.29. The van der Waals surface area contributed by atoms with E-state index in [4.69, 9.17) is 9.40 Å². The van der Waals surface area contributed by atoms with Crippen LogP contribution in [0, 0.1) is 13.8 Å². The molecule has 0 bridgehead atoms. The van der Waals surface area contributed by atoms with Crippen molar-refractivity contribution in [1.29, 1.82) is 0 Å². The predicted octanol–water partition coefficient (Wildman–Crippen LogP) is 3.71. The molecule has 0 aliphatic carbocycles. The standard InChI is InChI=1S/C22H29N5O2/c1-13(2)27-21-19(12-24-27)18(22(28)26(5)16-6-8-23-9-7-16)11-20(25-21)17-10-14(3)29-15(17)4/h10-13,16,23H,6-9H2,1-5H3. The number of carbonyl (C=O) groups excluding carboxylic acids is 1. The van der Waals surface area contributed by atoms with Crippen LogP contribution >= 0.6 is 0 Å². The van der Waals surface area contributed by atoms with E-state index in [-0.39, 0.29) is 18.0 Å². The van der Waals surface area contributed by atoms with Crippen LogP contribution in [0.3, 0.4) is 0 Å². The van der Waals surface area contributed by atoms with Gasteiger partial charge in [0.2, 0.25) is 0 Å². The van der Waals surface area contributed by atoms with Crippen LogP contribution in [0.1, 0.15) is 54.6 Å². The van der Waals surface area contributed by atoms with Crippen LogP contribution in [-0.4, -0.2) is 51.8 Å². The number of piperidine rings is 1. The number of hydrogen-bond donors (Lipinski definition) is 1. The smallest absolute Gasteiger partial charge is 0.254 e. The van der Waals surface area contributed by atoms with Gasteiger partial charge in [-0.15, -0.1) is 0 Å². The number of nitrogens with one attached hydrogen (secondary N) is 1. The number of rotatable bonds is 4. The molecule has 3 aromatic rings. The number of fused-ring (bicyclic) bond motifs is 1. The monoisotopic (exact) mass is 395 g/mol. The van der Waals surface area contributed by atoms with Gasteiger partial charge in [0.25, 0.3) is 5.91 Å². The van der Waals surface area contributed by atoms with E-state index in [0.29, 0.717) is 5.56 Å². The zero-order valence-electron chi connectivity index (χ0n) is 17.8. The van der Waals surface area contributed by atoms with Crippen molar-refractivity contribution in [1.82, 2.24) is 25.0 Å². The molecule has 1 amide bonds. The third kappa shape index (κ3) is 3.55. The number of aromatic nitrogens is 3. The summed E-state index contributed by atoms with van der Waals surface area (Å²) in [5, 5.41) is 8.68. The Morgan fingerprint density at radius 3 is 2.62 bits per heavy atom. The molecular formula is C22H29N5O2. The van der Waals surface area contributed by atoms with Gasteiger partial charge in [0.05, 0.1) is 22.8 Å². The van der Waals surface area contributed by atoms with Crippen LogP contribution in [0.15, 0.2) is 22.7 Å². The molecule has 0 unspecified atom stereocenters. The summed E-state index contributed by atoms with van der Waals surface area (Å²) in [6, 6.07) is 4.26. The van der Waals surface area contributed by atoms with Crippen LogP contribution in [0.5, 0.6) is 0 Å². The zero-order valence-corrected chi connectivity index (χ0v) is 17.8. The summed E-state index contributed by atoms with van der Waals surface area (Å²) < 4.78 is 7.60. The van der Waals surface area contributed by atoms with Crippen LogP contribution in [0.2, 0.25) is 0 Å². The highest BCUT2D eigenvalue weighted by Gasteiger charge is 2.26. The molecule has 1 aliphatic rings. The highest BCUT2D eigenvalue weighted by Crippen LogP contribution is 2.31. The van der Waals surface area contributed by atoms with Crippen molar-refractivity contribution in [2.24, 2.45) is 0 Å². The van der Waals surface area contributed by atoms with E-state index in [0.717, 1.165) is 59.7 Å². The van der Waals surface area contributed by atoms with Gasteiger partial charge in [0.15, 0.2) is 5.65 Å². The molecule has 7 nitrogen and oxygen atoms in total. The zero-order chi connectivity index (χ0) is 20.7. The molecule has 0 atom stereocenters. The lowest BCUT2D eigenvalue weighted by Crippen LogP contribution is -2.44. The normalized spacial score (nSPS) is 15.4. The second kappa shape index (κ2) is 7.63. The molecule has 1 saturated heterocycles. The molecule has 0 radical (unpaired) electrons. The molecule has 4 rings (SSSR count). The number of nitrogens with zero attached hydrogens (tertiary/aromatic N) is 4. The van der Waals surface area contributed by atoms with Crippen LogP contribution in [-0.2, 0) is 0 Å². The summed E-state index contributed by atoms with van der Waals surface area (Å²) in [7, 11) is 1.91. The minimum Gasteiger partial charge on any atom is -0.466 e. The average molecular weight is 396 g/mol. The summed E-state index contributed by atoms with van der Waals surface area (Å²) in [5.41, 5.74) is 3.05. The van der Waals surface area contributed by atoms with Gasteiger partial charge < -0.3 is 14.6 Å². The van der Waals surface area contributed by atoms with E-state index in [1.165, 1.54) is 0 Å². The Morgan fingerprint density at radius 2 is 2.00 bits per heavy atom. The Labute approximate surface area is 171 Å². The van der Waals surface area contributed by atoms with Gasteiger partial charge in [0, 0.05) is 24.7 Å². The van der Waals surface area contributed by atoms with Gasteiger partial charge in [-0.25, -0.2) is 9.67 Å². The van der Waals surface area contributed by atoms with Crippen LogP contribution in [0.25, 0.3) is 22.3 Å². The number of furan rings is 1. The maximum Gasteiger partial charge on any atom is 0.254 e. The van der Waals surface area contributed by atoms with Gasteiger partial charge in [-0.05, 0) is 65.8 Å². The first-order chi connectivity index (χ1) is 13.9. The first kappa shape index (κ1) is 19.6. The fourth-order valence-corrected chi connectivity index (χ4v) is 4.15. The van der Waals surface area contributed by atoms with E-state index >= 15 is 0 Å². The highest BCUT2D eigenvalue weighted by atomic mass is 16.3. The quantitative estimate of drug-likeness (QED) is 0.729. The lowest BCUT2D eigenvalue weighted by Gasteiger charge is -2.31. The summed E-state index contributed by atoms with van der Waals surface area (Å²) in [6.07, 6.45) is 3.70. The van der Waals surface area contributed by atoms with Gasteiger partial charge in [-0.3, -0.25) is 4.79 Å². The first-order valence-electron chi connectivity index (χ1n) is 10.3. The van der Waals surface area contributed by atoms with Crippen LogP contribution in [0.4, 0.5) is 0 Å². The van der Waals surface area contributed by atoms with E-state index in [1.54, 1.807) is 6.20 Å². The molecule has 4 heterocycles. The molecule has 154 valence electrons. The SMILES string of the molecule is Cc1cc(-c2cc(C(=O)N(C)C3CCNCC3)c3cnn(C(C)C)c3n2)c(C)o1. The van der Waals surface area contributed by atoms with Crippen molar-refractivity contribution in [3.8, 4) is 11.3 Å². The minimum atomic E-state index is 0.0201. The molecule has 0 saturated carbocycles. The van der Waals surface area contributed by atoms with Gasteiger partial charge in [0.1, 0.15) is 11.5 Å². The van der Waals surface area contributed by atoms with Crippen molar-refractivity contribution < 1.29 is 9.21 Å². The van der Waals surface area contributed by atoms with Crippen molar-refractivity contribution in [2.75, 3.05) is 20.1 Å². The van der Waals surface area contributed by atoms with Gasteiger partial charge >= 0.3 is 0 Å².